The highest BCUT2D eigenvalue weighted by Gasteiger charge is 2.00. The summed E-state index contributed by atoms with van der Waals surface area (Å²) in [5.74, 6) is 0. The normalized spacial score (nSPS) is 11.8. The van der Waals surface area contributed by atoms with Crippen molar-refractivity contribution in [2.45, 2.75) is 52.6 Å². The molecule has 82 valence electrons. The first kappa shape index (κ1) is 15.4. The van der Waals surface area contributed by atoms with E-state index in [0.717, 1.165) is 13.0 Å². The molecule has 0 aliphatic rings. The first-order valence-electron chi connectivity index (χ1n) is 5.28. The van der Waals surface area contributed by atoms with Gasteiger partial charge in [-0.2, -0.15) is 0 Å². The molecule has 0 aromatic rings. The van der Waals surface area contributed by atoms with Crippen LogP contribution in [-0.2, 0) is 9.47 Å². The largest absolute Gasteiger partial charge is 0.385 e. The van der Waals surface area contributed by atoms with E-state index in [0.29, 0.717) is 6.10 Å². The molecule has 0 N–H and O–H groups in total. The van der Waals surface area contributed by atoms with E-state index in [1.54, 1.807) is 14.2 Å². The van der Waals surface area contributed by atoms with Crippen molar-refractivity contribution in [1.82, 2.24) is 0 Å². The molecule has 0 aliphatic heterocycles. The van der Waals surface area contributed by atoms with Crippen LogP contribution in [0.15, 0.2) is 0 Å². The summed E-state index contributed by atoms with van der Waals surface area (Å²) in [5.41, 5.74) is 0. The highest BCUT2D eigenvalue weighted by atomic mass is 16.5. The molecule has 1 unspecified atom stereocenters. The predicted molar refractivity (Wildman–Crippen MR) is 58.2 cm³/mol. The van der Waals surface area contributed by atoms with Gasteiger partial charge in [0.25, 0.3) is 0 Å². The number of methoxy groups -OCH3 is 2. The van der Waals surface area contributed by atoms with Gasteiger partial charge in [0.1, 0.15) is 0 Å². The van der Waals surface area contributed by atoms with Gasteiger partial charge in [-0.05, 0) is 19.8 Å². The van der Waals surface area contributed by atoms with Gasteiger partial charge in [0.05, 0.1) is 6.10 Å². The topological polar surface area (TPSA) is 18.5 Å². The lowest BCUT2D eigenvalue weighted by Crippen LogP contribution is -2.07. The Morgan fingerprint density at radius 2 is 1.62 bits per heavy atom. The van der Waals surface area contributed by atoms with Crippen LogP contribution in [-0.4, -0.2) is 26.9 Å². The van der Waals surface area contributed by atoms with Gasteiger partial charge in [-0.15, -0.1) is 0 Å². The molecule has 13 heavy (non-hydrogen) atoms. The molecular formula is C11H26O2. The van der Waals surface area contributed by atoms with E-state index < -0.39 is 0 Å². The summed E-state index contributed by atoms with van der Waals surface area (Å²) in [5, 5.41) is 0. The third kappa shape index (κ3) is 14.7. The smallest absolute Gasteiger partial charge is 0.0568 e. The molecule has 0 bridgehead atoms. The van der Waals surface area contributed by atoms with Gasteiger partial charge in [0, 0.05) is 20.8 Å². The van der Waals surface area contributed by atoms with Crippen molar-refractivity contribution in [1.29, 1.82) is 0 Å². The van der Waals surface area contributed by atoms with Gasteiger partial charge < -0.3 is 9.47 Å². The van der Waals surface area contributed by atoms with Crippen LogP contribution in [0.3, 0.4) is 0 Å². The van der Waals surface area contributed by atoms with Crippen molar-refractivity contribution in [3.63, 3.8) is 0 Å². The van der Waals surface area contributed by atoms with E-state index in [9.17, 15) is 0 Å². The molecule has 0 amide bonds. The molecule has 0 heterocycles. The summed E-state index contributed by atoms with van der Waals surface area (Å²) >= 11 is 0. The van der Waals surface area contributed by atoms with Crippen LogP contribution in [0.1, 0.15) is 46.5 Å². The highest BCUT2D eigenvalue weighted by Crippen LogP contribution is 2.06. The molecule has 0 saturated heterocycles. The lowest BCUT2D eigenvalue weighted by molar-refractivity contribution is 0.0902. The summed E-state index contributed by atoms with van der Waals surface area (Å²) in [7, 11) is 3.48. The molecule has 1 atom stereocenters. The molecule has 0 aromatic carbocycles. The third-order valence-corrected chi connectivity index (χ3v) is 1.96. The summed E-state index contributed by atoms with van der Waals surface area (Å²) in [6.45, 7) is 7.16. The van der Waals surface area contributed by atoms with Crippen LogP contribution in [0, 0.1) is 0 Å². The van der Waals surface area contributed by atoms with Crippen LogP contribution in [0.25, 0.3) is 0 Å². The lowest BCUT2D eigenvalue weighted by Gasteiger charge is -2.10. The third-order valence-electron chi connectivity index (χ3n) is 1.96. The minimum atomic E-state index is 0.505. The number of ether oxygens (including phenoxy) is 2. The summed E-state index contributed by atoms with van der Waals surface area (Å²) in [4.78, 5) is 0. The monoisotopic (exact) mass is 190 g/mol. The fourth-order valence-corrected chi connectivity index (χ4v) is 0.920. The Kier molecular flexibility index (Phi) is 17.1. The molecule has 0 spiro atoms. The van der Waals surface area contributed by atoms with Gasteiger partial charge >= 0.3 is 0 Å². The first-order chi connectivity index (χ1) is 6.26. The molecular weight excluding hydrogens is 164 g/mol. The Morgan fingerprint density at radius 1 is 1.08 bits per heavy atom. The van der Waals surface area contributed by atoms with E-state index in [1.165, 1.54) is 19.3 Å². The van der Waals surface area contributed by atoms with Crippen molar-refractivity contribution >= 4 is 0 Å². The van der Waals surface area contributed by atoms with Crippen LogP contribution in [0.4, 0.5) is 0 Å². The second kappa shape index (κ2) is 14.4. The van der Waals surface area contributed by atoms with Gasteiger partial charge in [-0.25, -0.2) is 0 Å². The maximum Gasteiger partial charge on any atom is 0.0568 e. The zero-order valence-corrected chi connectivity index (χ0v) is 9.93. The quantitative estimate of drug-likeness (QED) is 0.640. The average molecular weight is 190 g/mol. The van der Waals surface area contributed by atoms with Gasteiger partial charge in [-0.3, -0.25) is 0 Å². The van der Waals surface area contributed by atoms with Crippen molar-refractivity contribution in [2.24, 2.45) is 0 Å². The summed E-state index contributed by atoms with van der Waals surface area (Å²) < 4.78 is 9.74. The van der Waals surface area contributed by atoms with Crippen LogP contribution < -0.4 is 0 Å². The number of unbranched alkanes of at least 4 members (excludes halogenated alkanes) is 1. The van der Waals surface area contributed by atoms with Gasteiger partial charge in [-0.1, -0.05) is 26.7 Å². The van der Waals surface area contributed by atoms with Crippen molar-refractivity contribution in [3.8, 4) is 0 Å². The van der Waals surface area contributed by atoms with E-state index in [4.69, 9.17) is 4.74 Å². The Bertz CT molecular complexity index is 68.5. The van der Waals surface area contributed by atoms with Crippen LogP contribution in [0.2, 0.25) is 0 Å². The Morgan fingerprint density at radius 3 is 1.85 bits per heavy atom. The molecule has 0 aromatic heterocycles. The maximum atomic E-state index is 5.20. The molecule has 0 radical (unpaired) electrons. The first-order valence-corrected chi connectivity index (χ1v) is 5.28. The molecule has 0 fully saturated rings. The Balaban J connectivity index is 0. The fourth-order valence-electron chi connectivity index (χ4n) is 0.920. The second-order valence-corrected chi connectivity index (χ2v) is 2.99. The van der Waals surface area contributed by atoms with Crippen molar-refractivity contribution < 1.29 is 9.47 Å². The number of hydrogen-bond donors (Lipinski definition) is 0. The molecule has 0 saturated carbocycles. The van der Waals surface area contributed by atoms with E-state index in [-0.39, 0.29) is 0 Å². The number of hydrogen-bond acceptors (Lipinski definition) is 2. The number of rotatable bonds is 6. The minimum Gasteiger partial charge on any atom is -0.385 e. The van der Waals surface area contributed by atoms with Gasteiger partial charge in [0.2, 0.25) is 0 Å². The molecule has 0 aliphatic carbocycles. The van der Waals surface area contributed by atoms with E-state index in [2.05, 4.69) is 18.6 Å². The molecule has 2 heteroatoms. The van der Waals surface area contributed by atoms with Crippen molar-refractivity contribution in [3.05, 3.63) is 0 Å². The highest BCUT2D eigenvalue weighted by molar-refractivity contribution is 4.52. The second-order valence-electron chi connectivity index (χ2n) is 2.99. The zero-order chi connectivity index (χ0) is 10.5. The SMILES string of the molecule is CCCCC(CC)OC.CCOC. The van der Waals surface area contributed by atoms with Gasteiger partial charge in [0.15, 0.2) is 0 Å². The van der Waals surface area contributed by atoms with E-state index in [1.807, 2.05) is 6.92 Å². The fraction of sp³-hybridized carbons (Fsp3) is 1.00. The lowest BCUT2D eigenvalue weighted by atomic mass is 10.1. The minimum absolute atomic E-state index is 0.505. The summed E-state index contributed by atoms with van der Waals surface area (Å²) in [6.07, 6.45) is 5.46. The van der Waals surface area contributed by atoms with Crippen LogP contribution >= 0.6 is 0 Å². The standard InChI is InChI=1S/C8H18O.C3H8O/c1-4-6-7-8(5-2)9-3;1-3-4-2/h8H,4-7H2,1-3H3;3H2,1-2H3. The van der Waals surface area contributed by atoms with E-state index >= 15 is 0 Å². The average Bonchev–Trinajstić information content (AvgIpc) is 2.20. The predicted octanol–water partition coefficient (Wildman–Crippen LogP) is 3.25. The van der Waals surface area contributed by atoms with Crippen LogP contribution in [0.5, 0.6) is 0 Å². The molecule has 0 rings (SSSR count). The Hall–Kier alpha value is -0.0800. The zero-order valence-electron chi connectivity index (χ0n) is 9.93. The Labute approximate surface area is 83.6 Å². The summed E-state index contributed by atoms with van der Waals surface area (Å²) in [6, 6.07) is 0. The van der Waals surface area contributed by atoms with Crippen molar-refractivity contribution in [2.75, 3.05) is 20.8 Å². The maximum absolute atomic E-state index is 5.20. The molecule has 2 nitrogen and oxygen atoms in total.